The quantitative estimate of drug-likeness (QED) is 0.906. The van der Waals surface area contributed by atoms with Gasteiger partial charge >= 0.3 is 6.03 Å². The predicted molar refractivity (Wildman–Crippen MR) is 91.0 cm³/mol. The molecule has 23 heavy (non-hydrogen) atoms. The molecule has 1 atom stereocenters. The number of benzene rings is 2. The van der Waals surface area contributed by atoms with Crippen LogP contribution in [-0.4, -0.2) is 13.1 Å². The molecule has 0 spiro atoms. The van der Waals surface area contributed by atoms with Crippen LogP contribution in [0.5, 0.6) is 5.75 Å². The summed E-state index contributed by atoms with van der Waals surface area (Å²) in [5, 5.41) is 5.71. The number of methoxy groups -OCH3 is 1. The third-order valence-electron chi connectivity index (χ3n) is 3.62. The van der Waals surface area contributed by atoms with Crippen molar-refractivity contribution in [1.82, 2.24) is 10.6 Å². The number of urea groups is 1. The highest BCUT2D eigenvalue weighted by Gasteiger charge is 2.17. The molecule has 2 aromatic rings. The van der Waals surface area contributed by atoms with Crippen LogP contribution in [-0.2, 0) is 0 Å². The van der Waals surface area contributed by atoms with Gasteiger partial charge in [0, 0.05) is 5.70 Å². The summed E-state index contributed by atoms with van der Waals surface area (Å²) in [5.41, 5.74) is 2.87. The molecular weight excluding hydrogens is 288 g/mol. The maximum atomic E-state index is 11.8. The minimum absolute atomic E-state index is 0.125. The number of nitrogens with one attached hydrogen (secondary N) is 2. The van der Waals surface area contributed by atoms with Crippen molar-refractivity contribution in [2.24, 2.45) is 0 Å². The van der Waals surface area contributed by atoms with Crippen LogP contribution in [0.2, 0.25) is 0 Å². The maximum absolute atomic E-state index is 11.8. The van der Waals surface area contributed by atoms with Crippen LogP contribution in [0.4, 0.5) is 4.79 Å². The van der Waals surface area contributed by atoms with Gasteiger partial charge in [-0.2, -0.15) is 0 Å². The zero-order valence-electron chi connectivity index (χ0n) is 12.8. The third-order valence-corrected chi connectivity index (χ3v) is 3.62. The van der Waals surface area contributed by atoms with Gasteiger partial charge in [-0.05, 0) is 35.4 Å². The molecule has 0 aromatic heterocycles. The van der Waals surface area contributed by atoms with E-state index in [1.807, 2.05) is 72.8 Å². The number of hydrogen-bond acceptors (Lipinski definition) is 2. The second kappa shape index (κ2) is 6.83. The molecular formula is C19H18N2O2. The van der Waals surface area contributed by atoms with E-state index in [-0.39, 0.29) is 12.1 Å². The Labute approximate surface area is 135 Å². The lowest BCUT2D eigenvalue weighted by atomic mass is 10.0. The number of allylic oxidation sites excluding steroid dienone is 1. The number of carbonyl (C=O) groups excluding carboxylic acids is 1. The number of carbonyl (C=O) groups is 1. The first-order valence-corrected chi connectivity index (χ1v) is 7.41. The Morgan fingerprint density at radius 2 is 1.74 bits per heavy atom. The molecule has 0 saturated heterocycles. The van der Waals surface area contributed by atoms with Gasteiger partial charge < -0.3 is 15.4 Å². The van der Waals surface area contributed by atoms with E-state index in [0.717, 1.165) is 22.6 Å². The molecule has 2 amide bonds. The summed E-state index contributed by atoms with van der Waals surface area (Å²) in [6.45, 7) is 0. The molecule has 116 valence electrons. The standard InChI is InChI=1S/C19H18N2O2/c1-23-17-11-8-14(9-12-17)7-10-16-13-18(21-19(22)20-16)15-5-3-2-4-6-15/h2-13,18H,1H3,(H2,20,21,22). The fourth-order valence-corrected chi connectivity index (χ4v) is 2.41. The van der Waals surface area contributed by atoms with Gasteiger partial charge in [0.2, 0.25) is 0 Å². The van der Waals surface area contributed by atoms with E-state index >= 15 is 0 Å². The van der Waals surface area contributed by atoms with Crippen LogP contribution in [0, 0.1) is 0 Å². The van der Waals surface area contributed by atoms with Gasteiger partial charge in [-0.3, -0.25) is 0 Å². The SMILES string of the molecule is COc1ccc(C=CC2=CC(c3ccccc3)NC(=O)N2)cc1. The smallest absolute Gasteiger partial charge is 0.319 e. The fraction of sp³-hybridized carbons (Fsp3) is 0.105. The van der Waals surface area contributed by atoms with Crippen molar-refractivity contribution in [2.75, 3.05) is 7.11 Å². The summed E-state index contributed by atoms with van der Waals surface area (Å²) in [6.07, 6.45) is 5.85. The lowest BCUT2D eigenvalue weighted by molar-refractivity contribution is 0.240. The summed E-state index contributed by atoms with van der Waals surface area (Å²) >= 11 is 0. The molecule has 0 aliphatic carbocycles. The first kappa shape index (κ1) is 14.9. The molecule has 1 aliphatic heterocycles. The van der Waals surface area contributed by atoms with Crippen molar-refractivity contribution < 1.29 is 9.53 Å². The Morgan fingerprint density at radius 1 is 1.00 bits per heavy atom. The number of hydrogen-bond donors (Lipinski definition) is 2. The lowest BCUT2D eigenvalue weighted by Gasteiger charge is -2.22. The van der Waals surface area contributed by atoms with Crippen molar-refractivity contribution >= 4 is 12.1 Å². The minimum atomic E-state index is -0.198. The van der Waals surface area contributed by atoms with Crippen molar-refractivity contribution in [1.29, 1.82) is 0 Å². The summed E-state index contributed by atoms with van der Waals surface area (Å²) in [4.78, 5) is 11.8. The molecule has 1 aliphatic rings. The largest absolute Gasteiger partial charge is 0.497 e. The molecule has 2 aromatic carbocycles. The highest BCUT2D eigenvalue weighted by molar-refractivity contribution is 5.79. The first-order valence-electron chi connectivity index (χ1n) is 7.41. The molecule has 3 rings (SSSR count). The normalized spacial score (nSPS) is 17.3. The maximum Gasteiger partial charge on any atom is 0.319 e. The van der Waals surface area contributed by atoms with E-state index in [2.05, 4.69) is 10.6 Å². The fourth-order valence-electron chi connectivity index (χ4n) is 2.41. The Hall–Kier alpha value is -3.01. The summed E-state index contributed by atoms with van der Waals surface area (Å²) in [6, 6.07) is 17.3. The average Bonchev–Trinajstić information content (AvgIpc) is 2.61. The Morgan fingerprint density at radius 3 is 2.43 bits per heavy atom. The van der Waals surface area contributed by atoms with Crippen molar-refractivity contribution in [3.05, 3.63) is 83.6 Å². The van der Waals surface area contributed by atoms with E-state index in [1.54, 1.807) is 7.11 Å². The van der Waals surface area contributed by atoms with Gasteiger partial charge in [-0.1, -0.05) is 48.5 Å². The van der Waals surface area contributed by atoms with Gasteiger partial charge in [0.25, 0.3) is 0 Å². The second-order valence-corrected chi connectivity index (χ2v) is 5.22. The summed E-state index contributed by atoms with van der Waals surface area (Å²) < 4.78 is 5.14. The monoisotopic (exact) mass is 306 g/mol. The van der Waals surface area contributed by atoms with Gasteiger partial charge in [-0.25, -0.2) is 4.79 Å². The van der Waals surface area contributed by atoms with Crippen LogP contribution >= 0.6 is 0 Å². The Balaban J connectivity index is 1.78. The van der Waals surface area contributed by atoms with Gasteiger partial charge in [0.15, 0.2) is 0 Å². The molecule has 4 heteroatoms. The predicted octanol–water partition coefficient (Wildman–Crippen LogP) is 3.65. The Kier molecular flexibility index (Phi) is 4.43. The number of rotatable bonds is 4. The van der Waals surface area contributed by atoms with Crippen molar-refractivity contribution in [3.8, 4) is 5.75 Å². The van der Waals surface area contributed by atoms with E-state index in [1.165, 1.54) is 0 Å². The number of amides is 2. The molecule has 4 nitrogen and oxygen atoms in total. The van der Waals surface area contributed by atoms with Gasteiger partial charge in [0.1, 0.15) is 5.75 Å². The van der Waals surface area contributed by atoms with Gasteiger partial charge in [-0.15, -0.1) is 0 Å². The molecule has 0 radical (unpaired) electrons. The van der Waals surface area contributed by atoms with Crippen molar-refractivity contribution in [2.45, 2.75) is 6.04 Å². The van der Waals surface area contributed by atoms with E-state index in [4.69, 9.17) is 4.74 Å². The van der Waals surface area contributed by atoms with E-state index in [9.17, 15) is 4.79 Å². The van der Waals surface area contributed by atoms with Crippen LogP contribution in [0.1, 0.15) is 17.2 Å². The van der Waals surface area contributed by atoms with E-state index < -0.39 is 0 Å². The molecule has 2 N–H and O–H groups in total. The summed E-state index contributed by atoms with van der Waals surface area (Å²) in [7, 11) is 1.64. The molecule has 0 saturated carbocycles. The topological polar surface area (TPSA) is 50.4 Å². The molecule has 0 bridgehead atoms. The molecule has 1 heterocycles. The van der Waals surface area contributed by atoms with E-state index in [0.29, 0.717) is 0 Å². The van der Waals surface area contributed by atoms with Crippen LogP contribution in [0.25, 0.3) is 6.08 Å². The average molecular weight is 306 g/mol. The number of ether oxygens (including phenoxy) is 1. The highest BCUT2D eigenvalue weighted by Crippen LogP contribution is 2.19. The van der Waals surface area contributed by atoms with Gasteiger partial charge in [0.05, 0.1) is 13.2 Å². The first-order chi connectivity index (χ1) is 11.2. The van der Waals surface area contributed by atoms with Crippen LogP contribution in [0.3, 0.4) is 0 Å². The van der Waals surface area contributed by atoms with Crippen LogP contribution < -0.4 is 15.4 Å². The molecule has 0 fully saturated rings. The Bertz CT molecular complexity index is 734. The zero-order chi connectivity index (χ0) is 16.1. The zero-order valence-corrected chi connectivity index (χ0v) is 12.8. The molecule has 1 unspecified atom stereocenters. The second-order valence-electron chi connectivity index (χ2n) is 5.22. The van der Waals surface area contributed by atoms with Crippen LogP contribution in [0.15, 0.2) is 72.4 Å². The third kappa shape index (κ3) is 3.80. The van der Waals surface area contributed by atoms with Crippen molar-refractivity contribution in [3.63, 3.8) is 0 Å². The summed E-state index contributed by atoms with van der Waals surface area (Å²) in [5.74, 6) is 0.820. The highest BCUT2D eigenvalue weighted by atomic mass is 16.5. The minimum Gasteiger partial charge on any atom is -0.497 e. The lowest BCUT2D eigenvalue weighted by Crippen LogP contribution is -2.40.